The molecule has 2 aromatic rings. The molecule has 24 heavy (non-hydrogen) atoms. The molecular formula is C17H24N4O2S. The average molecular weight is 348 g/mol. The zero-order valence-corrected chi connectivity index (χ0v) is 15.4. The third kappa shape index (κ3) is 3.06. The third-order valence-corrected chi connectivity index (χ3v) is 6.51. The molecule has 0 aliphatic carbocycles. The number of hydrogen-bond donors (Lipinski definition) is 0. The number of sulfonamides is 1. The molecule has 3 rings (SSSR count). The van der Waals surface area contributed by atoms with E-state index in [1.54, 1.807) is 29.2 Å². The Labute approximate surface area is 143 Å². The maximum atomic E-state index is 12.9. The van der Waals surface area contributed by atoms with Crippen LogP contribution in [0.5, 0.6) is 0 Å². The molecule has 0 saturated carbocycles. The molecule has 130 valence electrons. The van der Waals surface area contributed by atoms with Crippen molar-refractivity contribution in [2.75, 3.05) is 24.5 Å². The lowest BCUT2D eigenvalue weighted by Gasteiger charge is -2.40. The first-order valence-corrected chi connectivity index (χ1v) is 9.57. The molecule has 1 unspecified atom stereocenters. The van der Waals surface area contributed by atoms with Crippen LogP contribution in [0.2, 0.25) is 0 Å². The fraction of sp³-hybridized carbons (Fsp3) is 0.471. The number of hydrogen-bond acceptors (Lipinski definition) is 4. The minimum atomic E-state index is -3.49. The van der Waals surface area contributed by atoms with Crippen LogP contribution in [-0.2, 0) is 17.1 Å². The highest BCUT2D eigenvalue weighted by Gasteiger charge is 2.34. The van der Waals surface area contributed by atoms with Gasteiger partial charge in [0.1, 0.15) is 4.90 Å². The average Bonchev–Trinajstić information content (AvgIpc) is 2.87. The first-order valence-electron chi connectivity index (χ1n) is 8.13. The Hall–Kier alpha value is -1.86. The second kappa shape index (κ2) is 6.22. The molecule has 0 N–H and O–H groups in total. The van der Waals surface area contributed by atoms with E-state index in [9.17, 15) is 8.42 Å². The number of anilines is 1. The molecule has 0 radical (unpaired) electrons. The summed E-state index contributed by atoms with van der Waals surface area (Å²) in [5.41, 5.74) is 2.91. The van der Waals surface area contributed by atoms with Crippen LogP contribution >= 0.6 is 0 Å². The zero-order chi connectivity index (χ0) is 17.5. The first-order chi connectivity index (χ1) is 11.3. The highest BCUT2D eigenvalue weighted by molar-refractivity contribution is 7.89. The van der Waals surface area contributed by atoms with E-state index < -0.39 is 10.0 Å². The van der Waals surface area contributed by atoms with Crippen molar-refractivity contribution < 1.29 is 8.42 Å². The second-order valence-corrected chi connectivity index (χ2v) is 8.40. The maximum Gasteiger partial charge on any atom is 0.246 e. The van der Waals surface area contributed by atoms with Crippen LogP contribution in [0.4, 0.5) is 5.69 Å². The van der Waals surface area contributed by atoms with E-state index in [4.69, 9.17) is 0 Å². The molecular weight excluding hydrogens is 324 g/mol. The summed E-state index contributed by atoms with van der Waals surface area (Å²) in [4.78, 5) is 2.57. The highest BCUT2D eigenvalue weighted by Crippen LogP contribution is 2.25. The van der Waals surface area contributed by atoms with Gasteiger partial charge < -0.3 is 4.90 Å². The van der Waals surface area contributed by atoms with Gasteiger partial charge in [0.05, 0.1) is 5.69 Å². The van der Waals surface area contributed by atoms with Crippen LogP contribution in [0.3, 0.4) is 0 Å². The molecule has 1 aromatic heterocycles. The standard InChI is InChI=1S/C17H24N4O2S/c1-13-5-7-16(8-6-13)21-10-9-20(11-14(21)2)24(22,23)17-12-19(4)18-15(17)3/h5-8,12,14H,9-11H2,1-4H3. The van der Waals surface area contributed by atoms with E-state index in [0.717, 1.165) is 5.69 Å². The summed E-state index contributed by atoms with van der Waals surface area (Å²) in [6.45, 7) is 7.51. The first kappa shape index (κ1) is 17.0. The Morgan fingerprint density at radius 1 is 1.12 bits per heavy atom. The molecule has 1 aliphatic heterocycles. The van der Waals surface area contributed by atoms with Crippen LogP contribution < -0.4 is 4.90 Å². The van der Waals surface area contributed by atoms with Gasteiger partial charge in [0, 0.05) is 44.6 Å². The predicted molar refractivity (Wildman–Crippen MR) is 94.7 cm³/mol. The molecule has 6 nitrogen and oxygen atoms in total. The lowest BCUT2D eigenvalue weighted by atomic mass is 10.1. The summed E-state index contributed by atoms with van der Waals surface area (Å²) < 4.78 is 28.9. The fourth-order valence-corrected chi connectivity index (χ4v) is 4.94. The van der Waals surface area contributed by atoms with E-state index in [1.807, 2.05) is 0 Å². The quantitative estimate of drug-likeness (QED) is 0.850. The summed E-state index contributed by atoms with van der Waals surface area (Å²) in [7, 11) is -1.75. The van der Waals surface area contributed by atoms with Gasteiger partial charge >= 0.3 is 0 Å². The van der Waals surface area contributed by atoms with Crippen LogP contribution in [0, 0.1) is 13.8 Å². The Morgan fingerprint density at radius 2 is 1.79 bits per heavy atom. The molecule has 0 amide bonds. The second-order valence-electron chi connectivity index (χ2n) is 6.49. The van der Waals surface area contributed by atoms with E-state index in [0.29, 0.717) is 30.2 Å². The topological polar surface area (TPSA) is 58.4 Å². The van der Waals surface area contributed by atoms with E-state index in [2.05, 4.69) is 48.1 Å². The molecule has 0 spiro atoms. The van der Waals surface area contributed by atoms with Gasteiger partial charge in [0.25, 0.3) is 0 Å². The van der Waals surface area contributed by atoms with Crippen molar-refractivity contribution >= 4 is 15.7 Å². The van der Waals surface area contributed by atoms with Gasteiger partial charge in [0.15, 0.2) is 0 Å². The monoisotopic (exact) mass is 348 g/mol. The van der Waals surface area contributed by atoms with Crippen LogP contribution in [-0.4, -0.2) is 48.2 Å². The molecule has 1 aromatic carbocycles. The van der Waals surface area contributed by atoms with E-state index in [1.165, 1.54) is 5.56 Å². The smallest absolute Gasteiger partial charge is 0.246 e. The molecule has 0 bridgehead atoms. The molecule has 2 heterocycles. The minimum absolute atomic E-state index is 0.119. The van der Waals surface area contributed by atoms with Gasteiger partial charge in [-0.05, 0) is 32.9 Å². The zero-order valence-electron chi connectivity index (χ0n) is 14.6. The van der Waals surface area contributed by atoms with Crippen molar-refractivity contribution in [2.24, 2.45) is 7.05 Å². The van der Waals surface area contributed by atoms with Gasteiger partial charge in [-0.3, -0.25) is 4.68 Å². The Kier molecular flexibility index (Phi) is 4.40. The number of rotatable bonds is 3. The van der Waals surface area contributed by atoms with Crippen LogP contribution in [0.1, 0.15) is 18.2 Å². The number of nitrogens with zero attached hydrogens (tertiary/aromatic N) is 4. The summed E-state index contributed by atoms with van der Waals surface area (Å²) >= 11 is 0. The van der Waals surface area contributed by atoms with Crippen molar-refractivity contribution in [2.45, 2.75) is 31.7 Å². The Morgan fingerprint density at radius 3 is 2.33 bits per heavy atom. The van der Waals surface area contributed by atoms with Crippen molar-refractivity contribution in [3.8, 4) is 0 Å². The van der Waals surface area contributed by atoms with Gasteiger partial charge in [-0.25, -0.2) is 8.42 Å². The van der Waals surface area contributed by atoms with Gasteiger partial charge in [-0.1, -0.05) is 17.7 Å². The van der Waals surface area contributed by atoms with Crippen molar-refractivity contribution in [3.63, 3.8) is 0 Å². The molecule has 1 aliphatic rings. The number of piperazine rings is 1. The number of benzene rings is 1. The SMILES string of the molecule is Cc1ccc(N2CCN(S(=O)(=O)c3cn(C)nc3C)CC2C)cc1. The fourth-order valence-electron chi connectivity index (χ4n) is 3.23. The number of aromatic nitrogens is 2. The van der Waals surface area contributed by atoms with Crippen LogP contribution in [0.25, 0.3) is 0 Å². The maximum absolute atomic E-state index is 12.9. The summed E-state index contributed by atoms with van der Waals surface area (Å²) in [6, 6.07) is 8.49. The van der Waals surface area contributed by atoms with Crippen molar-refractivity contribution in [1.29, 1.82) is 0 Å². The molecule has 1 fully saturated rings. The van der Waals surface area contributed by atoms with E-state index >= 15 is 0 Å². The number of aryl methyl sites for hydroxylation is 3. The lowest BCUT2D eigenvalue weighted by molar-refractivity contribution is 0.342. The van der Waals surface area contributed by atoms with Gasteiger partial charge in [0.2, 0.25) is 10.0 Å². The van der Waals surface area contributed by atoms with Crippen LogP contribution in [0.15, 0.2) is 35.4 Å². The van der Waals surface area contributed by atoms with Gasteiger partial charge in [-0.15, -0.1) is 0 Å². The molecule has 1 saturated heterocycles. The van der Waals surface area contributed by atoms with Crippen molar-refractivity contribution in [3.05, 3.63) is 41.7 Å². The summed E-state index contributed by atoms with van der Waals surface area (Å²) in [5, 5.41) is 4.16. The van der Waals surface area contributed by atoms with Crippen molar-refractivity contribution in [1.82, 2.24) is 14.1 Å². The largest absolute Gasteiger partial charge is 0.366 e. The lowest BCUT2D eigenvalue weighted by Crippen LogP contribution is -2.53. The highest BCUT2D eigenvalue weighted by atomic mass is 32.2. The predicted octanol–water partition coefficient (Wildman–Crippen LogP) is 1.94. The normalized spacial score (nSPS) is 19.7. The summed E-state index contributed by atoms with van der Waals surface area (Å²) in [5.74, 6) is 0. The third-order valence-electron chi connectivity index (χ3n) is 4.54. The molecule has 1 atom stereocenters. The Balaban J connectivity index is 1.80. The Bertz CT molecular complexity index is 827. The molecule has 7 heteroatoms. The van der Waals surface area contributed by atoms with E-state index in [-0.39, 0.29) is 6.04 Å². The van der Waals surface area contributed by atoms with Gasteiger partial charge in [-0.2, -0.15) is 9.40 Å². The summed E-state index contributed by atoms with van der Waals surface area (Å²) in [6.07, 6.45) is 1.59. The minimum Gasteiger partial charge on any atom is -0.366 e.